The fourth-order valence-electron chi connectivity index (χ4n) is 2.47. The van der Waals surface area contributed by atoms with Crippen LogP contribution in [0.1, 0.15) is 51.4 Å². The Hall–Kier alpha value is -0.0400. The minimum atomic E-state index is 0.544. The van der Waals surface area contributed by atoms with Crippen molar-refractivity contribution in [2.24, 2.45) is 11.1 Å². The van der Waals surface area contributed by atoms with Crippen LogP contribution in [0.3, 0.4) is 0 Å². The molecule has 2 rings (SSSR count). The van der Waals surface area contributed by atoms with Crippen LogP contribution in [0, 0.1) is 5.41 Å². The van der Waals surface area contributed by atoms with Crippen LogP contribution in [-0.4, -0.2) is 6.04 Å². The van der Waals surface area contributed by atoms with Crippen LogP contribution in [0.5, 0.6) is 0 Å². The van der Waals surface area contributed by atoms with E-state index >= 15 is 0 Å². The second-order valence-corrected chi connectivity index (χ2v) is 4.42. The van der Waals surface area contributed by atoms with Crippen LogP contribution in [0.4, 0.5) is 0 Å². The molecule has 0 aromatic rings. The molecular formula is C10H19N. The Morgan fingerprint density at radius 1 is 0.909 bits per heavy atom. The molecule has 0 aromatic heterocycles. The summed E-state index contributed by atoms with van der Waals surface area (Å²) in [6, 6.07) is 0.544. The zero-order valence-corrected chi connectivity index (χ0v) is 7.31. The summed E-state index contributed by atoms with van der Waals surface area (Å²) in [5, 5.41) is 0. The second-order valence-electron chi connectivity index (χ2n) is 4.42. The van der Waals surface area contributed by atoms with Gasteiger partial charge in [-0.25, -0.2) is 0 Å². The lowest BCUT2D eigenvalue weighted by Gasteiger charge is -2.25. The topological polar surface area (TPSA) is 26.0 Å². The van der Waals surface area contributed by atoms with Gasteiger partial charge < -0.3 is 5.73 Å². The highest BCUT2D eigenvalue weighted by Crippen LogP contribution is 2.53. The van der Waals surface area contributed by atoms with E-state index in [1.165, 1.54) is 51.4 Å². The highest BCUT2D eigenvalue weighted by Gasteiger charge is 2.46. The lowest BCUT2D eigenvalue weighted by molar-refractivity contribution is 0.309. The average Bonchev–Trinajstić information content (AvgIpc) is 2.74. The number of nitrogens with two attached hydrogens (primary N) is 1. The Kier molecular flexibility index (Phi) is 1.92. The Balaban J connectivity index is 1.94. The van der Waals surface area contributed by atoms with Crippen LogP contribution in [-0.2, 0) is 0 Å². The molecule has 2 saturated carbocycles. The first-order valence-electron chi connectivity index (χ1n) is 5.09. The Morgan fingerprint density at radius 3 is 2.36 bits per heavy atom. The third-order valence-corrected chi connectivity index (χ3v) is 3.62. The van der Waals surface area contributed by atoms with E-state index in [1.54, 1.807) is 0 Å². The van der Waals surface area contributed by atoms with Crippen molar-refractivity contribution in [3.8, 4) is 0 Å². The average molecular weight is 153 g/mol. The molecule has 0 heterocycles. The van der Waals surface area contributed by atoms with E-state index in [0.29, 0.717) is 11.5 Å². The number of rotatable bonds is 0. The molecule has 2 fully saturated rings. The Morgan fingerprint density at radius 2 is 1.64 bits per heavy atom. The van der Waals surface area contributed by atoms with Gasteiger partial charge in [-0.3, -0.25) is 0 Å². The van der Waals surface area contributed by atoms with Gasteiger partial charge in [-0.05, 0) is 31.1 Å². The Bertz CT molecular complexity index is 138. The van der Waals surface area contributed by atoms with Gasteiger partial charge in [0.2, 0.25) is 0 Å². The van der Waals surface area contributed by atoms with E-state index in [2.05, 4.69) is 0 Å². The largest absolute Gasteiger partial charge is 0.327 e. The van der Waals surface area contributed by atoms with Crippen molar-refractivity contribution in [2.45, 2.75) is 57.4 Å². The molecule has 11 heavy (non-hydrogen) atoms. The fourth-order valence-corrected chi connectivity index (χ4v) is 2.47. The molecule has 1 nitrogen and oxygen atoms in total. The van der Waals surface area contributed by atoms with Gasteiger partial charge in [0.25, 0.3) is 0 Å². The van der Waals surface area contributed by atoms with Crippen LogP contribution in [0.15, 0.2) is 0 Å². The summed E-state index contributed by atoms with van der Waals surface area (Å²) in [6.07, 6.45) is 11.3. The van der Waals surface area contributed by atoms with Gasteiger partial charge in [0.15, 0.2) is 0 Å². The van der Waals surface area contributed by atoms with E-state index in [-0.39, 0.29) is 0 Å². The van der Waals surface area contributed by atoms with E-state index in [0.717, 1.165) is 0 Å². The van der Waals surface area contributed by atoms with Crippen molar-refractivity contribution in [3.05, 3.63) is 0 Å². The molecule has 0 amide bonds. The maximum atomic E-state index is 6.14. The van der Waals surface area contributed by atoms with Gasteiger partial charge in [-0.15, -0.1) is 0 Å². The lowest BCUT2D eigenvalue weighted by atomic mass is 9.85. The van der Waals surface area contributed by atoms with Gasteiger partial charge >= 0.3 is 0 Å². The molecule has 2 N–H and O–H groups in total. The van der Waals surface area contributed by atoms with Crippen molar-refractivity contribution in [3.63, 3.8) is 0 Å². The highest BCUT2D eigenvalue weighted by molar-refractivity contribution is 5.00. The molecule has 1 heteroatoms. The van der Waals surface area contributed by atoms with Gasteiger partial charge in [0.1, 0.15) is 0 Å². The molecule has 64 valence electrons. The molecule has 0 aromatic carbocycles. The molecule has 0 aliphatic heterocycles. The van der Waals surface area contributed by atoms with E-state index < -0.39 is 0 Å². The van der Waals surface area contributed by atoms with Gasteiger partial charge in [0.05, 0.1) is 0 Å². The summed E-state index contributed by atoms with van der Waals surface area (Å²) in [5.41, 5.74) is 6.78. The minimum Gasteiger partial charge on any atom is -0.327 e. The number of hydrogen-bond acceptors (Lipinski definition) is 1. The molecule has 0 radical (unpaired) electrons. The van der Waals surface area contributed by atoms with Crippen LogP contribution in [0.25, 0.3) is 0 Å². The van der Waals surface area contributed by atoms with Gasteiger partial charge in [-0.2, -0.15) is 0 Å². The summed E-state index contributed by atoms with van der Waals surface area (Å²) in [6.45, 7) is 0. The first kappa shape index (κ1) is 7.60. The van der Waals surface area contributed by atoms with Crippen LogP contribution < -0.4 is 5.73 Å². The number of hydrogen-bond donors (Lipinski definition) is 1. The first-order valence-corrected chi connectivity index (χ1v) is 5.09. The summed E-state index contributed by atoms with van der Waals surface area (Å²) >= 11 is 0. The van der Waals surface area contributed by atoms with E-state index in [4.69, 9.17) is 5.73 Å². The fraction of sp³-hybridized carbons (Fsp3) is 1.00. The first-order chi connectivity index (χ1) is 5.33. The predicted molar refractivity (Wildman–Crippen MR) is 47.3 cm³/mol. The predicted octanol–water partition coefficient (Wildman–Crippen LogP) is 2.45. The molecule has 1 spiro atoms. The monoisotopic (exact) mass is 153 g/mol. The molecule has 2 aliphatic carbocycles. The SMILES string of the molecule is NC1CCCCCCC12CC2. The molecule has 1 unspecified atom stereocenters. The van der Waals surface area contributed by atoms with Crippen molar-refractivity contribution >= 4 is 0 Å². The molecule has 0 saturated heterocycles. The van der Waals surface area contributed by atoms with Crippen molar-refractivity contribution < 1.29 is 0 Å². The molecular weight excluding hydrogens is 134 g/mol. The third-order valence-electron chi connectivity index (χ3n) is 3.62. The minimum absolute atomic E-state index is 0.544. The summed E-state index contributed by atoms with van der Waals surface area (Å²) in [5.74, 6) is 0. The van der Waals surface area contributed by atoms with Crippen molar-refractivity contribution in [1.29, 1.82) is 0 Å². The molecule has 0 bridgehead atoms. The maximum Gasteiger partial charge on any atom is 0.00955 e. The van der Waals surface area contributed by atoms with Crippen LogP contribution >= 0.6 is 0 Å². The van der Waals surface area contributed by atoms with Gasteiger partial charge in [0, 0.05) is 6.04 Å². The highest BCUT2D eigenvalue weighted by atomic mass is 14.7. The smallest absolute Gasteiger partial charge is 0.00955 e. The van der Waals surface area contributed by atoms with Crippen molar-refractivity contribution in [2.75, 3.05) is 0 Å². The Labute approximate surface area is 69.4 Å². The van der Waals surface area contributed by atoms with E-state index in [1.807, 2.05) is 0 Å². The molecule has 2 aliphatic rings. The summed E-state index contributed by atoms with van der Waals surface area (Å²) < 4.78 is 0. The van der Waals surface area contributed by atoms with Crippen molar-refractivity contribution in [1.82, 2.24) is 0 Å². The summed E-state index contributed by atoms with van der Waals surface area (Å²) in [4.78, 5) is 0. The quantitative estimate of drug-likeness (QED) is 0.568. The third kappa shape index (κ3) is 1.44. The zero-order valence-electron chi connectivity index (χ0n) is 7.31. The van der Waals surface area contributed by atoms with Crippen LogP contribution in [0.2, 0.25) is 0 Å². The standard InChI is InChI=1S/C10H19N/c11-9-5-3-1-2-4-6-10(9)7-8-10/h9H,1-8,11H2. The lowest BCUT2D eigenvalue weighted by Crippen LogP contribution is -2.32. The second kappa shape index (κ2) is 2.78. The van der Waals surface area contributed by atoms with Gasteiger partial charge in [-0.1, -0.05) is 25.7 Å². The van der Waals surface area contributed by atoms with E-state index in [9.17, 15) is 0 Å². The zero-order chi connectivity index (χ0) is 7.73. The maximum absolute atomic E-state index is 6.14. The normalized spacial score (nSPS) is 36.3. The summed E-state index contributed by atoms with van der Waals surface area (Å²) in [7, 11) is 0. The molecule has 1 atom stereocenters.